The van der Waals surface area contributed by atoms with Gasteiger partial charge in [0.15, 0.2) is 11.5 Å². The van der Waals surface area contributed by atoms with Crippen LogP contribution in [0.5, 0.6) is 0 Å². The third kappa shape index (κ3) is 3.93. The monoisotopic (exact) mass is 378 g/mol. The van der Waals surface area contributed by atoms with Crippen molar-refractivity contribution in [1.82, 2.24) is 30.0 Å². The molecule has 0 unspecified atom stereocenters. The molecule has 148 valence electrons. The van der Waals surface area contributed by atoms with Gasteiger partial charge in [-0.1, -0.05) is 36.8 Å². The summed E-state index contributed by atoms with van der Waals surface area (Å²) in [4.78, 5) is 2.21. The molecule has 0 atom stereocenters. The van der Waals surface area contributed by atoms with Crippen LogP contribution in [0.15, 0.2) is 36.4 Å². The second-order valence-electron chi connectivity index (χ2n) is 8.81. The van der Waals surface area contributed by atoms with E-state index in [4.69, 9.17) is 5.10 Å². The first-order chi connectivity index (χ1) is 13.4. The molecule has 0 amide bonds. The average molecular weight is 379 g/mol. The van der Waals surface area contributed by atoms with E-state index in [-0.39, 0.29) is 5.54 Å². The van der Waals surface area contributed by atoms with Gasteiger partial charge in [0, 0.05) is 24.2 Å². The molecule has 1 N–H and O–H groups in total. The molecular formula is C22H30N6. The number of benzene rings is 1. The van der Waals surface area contributed by atoms with Gasteiger partial charge in [-0.3, -0.25) is 0 Å². The van der Waals surface area contributed by atoms with Crippen LogP contribution in [0.1, 0.15) is 50.3 Å². The number of fused-ring (bicyclic) bond motifs is 1. The zero-order valence-corrected chi connectivity index (χ0v) is 17.3. The number of rotatable bonds is 7. The van der Waals surface area contributed by atoms with Crippen LogP contribution in [0, 0.1) is 0 Å². The highest BCUT2D eigenvalue weighted by atomic mass is 15.4. The van der Waals surface area contributed by atoms with Gasteiger partial charge in [0.25, 0.3) is 0 Å². The molecule has 6 nitrogen and oxygen atoms in total. The Morgan fingerprint density at radius 1 is 1.14 bits per heavy atom. The van der Waals surface area contributed by atoms with Crippen molar-refractivity contribution < 1.29 is 0 Å². The summed E-state index contributed by atoms with van der Waals surface area (Å²) < 4.78 is 1.90. The summed E-state index contributed by atoms with van der Waals surface area (Å²) in [5.41, 5.74) is 4.31. The van der Waals surface area contributed by atoms with Gasteiger partial charge < -0.3 is 10.2 Å². The average Bonchev–Trinajstić information content (AvgIpc) is 3.01. The molecule has 1 saturated carbocycles. The first-order valence-corrected chi connectivity index (χ1v) is 10.1. The molecule has 0 radical (unpaired) electrons. The van der Waals surface area contributed by atoms with Crippen molar-refractivity contribution in [1.29, 1.82) is 0 Å². The Kier molecular flexibility index (Phi) is 5.17. The number of nitrogens with one attached hydrogen (secondary N) is 1. The van der Waals surface area contributed by atoms with E-state index in [0.717, 1.165) is 35.8 Å². The molecule has 2 heterocycles. The second-order valence-corrected chi connectivity index (χ2v) is 8.81. The summed E-state index contributed by atoms with van der Waals surface area (Å²) in [7, 11) is 4.22. The maximum Gasteiger partial charge on any atom is 0.185 e. The molecule has 6 heteroatoms. The topological polar surface area (TPSA) is 58.4 Å². The quantitative estimate of drug-likeness (QED) is 0.682. The first kappa shape index (κ1) is 19.0. The lowest BCUT2D eigenvalue weighted by molar-refractivity contribution is 0.265. The normalized spacial score (nSPS) is 15.3. The van der Waals surface area contributed by atoms with Crippen LogP contribution in [-0.4, -0.2) is 50.9 Å². The fourth-order valence-electron chi connectivity index (χ4n) is 4.03. The minimum absolute atomic E-state index is 0.00642. The smallest absolute Gasteiger partial charge is 0.185 e. The van der Waals surface area contributed by atoms with Gasteiger partial charge in [-0.25, -0.2) is 0 Å². The second kappa shape index (κ2) is 7.60. The predicted molar refractivity (Wildman–Crippen MR) is 112 cm³/mol. The van der Waals surface area contributed by atoms with Crippen molar-refractivity contribution in [3.05, 3.63) is 47.7 Å². The lowest BCUT2D eigenvalue weighted by atomic mass is 9.79. The molecule has 4 rings (SSSR count). The highest BCUT2D eigenvalue weighted by molar-refractivity contribution is 5.59. The lowest BCUT2D eigenvalue weighted by Gasteiger charge is -2.31. The maximum absolute atomic E-state index is 5.01. The Labute approximate surface area is 167 Å². The van der Waals surface area contributed by atoms with Gasteiger partial charge in [0.2, 0.25) is 0 Å². The SMILES string of the molecule is CN(C)CC(C)(C)NCc1nn2c(-c3ccccc3)nnc2cc1C1CCC1. The summed E-state index contributed by atoms with van der Waals surface area (Å²) in [6.07, 6.45) is 3.79. The van der Waals surface area contributed by atoms with Crippen LogP contribution in [0.3, 0.4) is 0 Å². The fraction of sp³-hybridized carbons (Fsp3) is 0.500. The summed E-state index contributed by atoms with van der Waals surface area (Å²) >= 11 is 0. The number of likely N-dealkylation sites (N-methyl/N-ethyl adjacent to an activating group) is 1. The van der Waals surface area contributed by atoms with Gasteiger partial charge in [-0.2, -0.15) is 9.61 Å². The van der Waals surface area contributed by atoms with Crippen molar-refractivity contribution in [2.75, 3.05) is 20.6 Å². The molecule has 0 saturated heterocycles. The van der Waals surface area contributed by atoms with Crippen LogP contribution in [0.4, 0.5) is 0 Å². The summed E-state index contributed by atoms with van der Waals surface area (Å²) in [5.74, 6) is 1.40. The largest absolute Gasteiger partial charge is 0.308 e. The zero-order valence-electron chi connectivity index (χ0n) is 17.3. The van der Waals surface area contributed by atoms with Crippen LogP contribution in [-0.2, 0) is 6.54 Å². The van der Waals surface area contributed by atoms with Crippen molar-refractivity contribution >= 4 is 5.65 Å². The molecular weight excluding hydrogens is 348 g/mol. The maximum atomic E-state index is 5.01. The molecule has 1 aliphatic carbocycles. The molecule has 0 bridgehead atoms. The third-order valence-electron chi connectivity index (χ3n) is 5.53. The lowest BCUT2D eigenvalue weighted by Crippen LogP contribution is -2.47. The molecule has 1 aliphatic rings. The number of nitrogens with zero attached hydrogens (tertiary/aromatic N) is 5. The van der Waals surface area contributed by atoms with Crippen molar-refractivity contribution in [2.45, 2.75) is 51.1 Å². The highest BCUT2D eigenvalue weighted by Gasteiger charge is 2.26. The molecule has 0 spiro atoms. The molecule has 28 heavy (non-hydrogen) atoms. The van der Waals surface area contributed by atoms with E-state index < -0.39 is 0 Å². The Bertz CT molecular complexity index is 940. The van der Waals surface area contributed by atoms with Crippen LogP contribution >= 0.6 is 0 Å². The summed E-state index contributed by atoms with van der Waals surface area (Å²) in [5, 5.41) is 17.6. The Morgan fingerprint density at radius 3 is 2.54 bits per heavy atom. The van der Waals surface area contributed by atoms with Gasteiger partial charge in [-0.15, -0.1) is 10.2 Å². The van der Waals surface area contributed by atoms with E-state index in [2.05, 4.69) is 66.6 Å². The first-order valence-electron chi connectivity index (χ1n) is 10.1. The standard InChI is InChI=1S/C22H30N6/c1-22(2,15-27(3)4)23-14-19-18(16-11-8-12-16)13-20-24-25-21(28(20)26-19)17-9-6-5-7-10-17/h5-7,9-10,13,16,23H,8,11-12,14-15H2,1-4H3. The minimum atomic E-state index is 0.00642. The summed E-state index contributed by atoms with van der Waals surface area (Å²) in [6.45, 7) is 6.19. The number of hydrogen-bond acceptors (Lipinski definition) is 5. The third-order valence-corrected chi connectivity index (χ3v) is 5.53. The van der Waals surface area contributed by atoms with Gasteiger partial charge >= 0.3 is 0 Å². The highest BCUT2D eigenvalue weighted by Crippen LogP contribution is 2.38. The van der Waals surface area contributed by atoms with Crippen LogP contribution < -0.4 is 5.32 Å². The van der Waals surface area contributed by atoms with E-state index in [0.29, 0.717) is 5.92 Å². The predicted octanol–water partition coefficient (Wildman–Crippen LogP) is 3.49. The number of aromatic nitrogens is 4. The fourth-order valence-corrected chi connectivity index (χ4v) is 4.03. The molecule has 3 aromatic rings. The molecule has 1 fully saturated rings. The van der Waals surface area contributed by atoms with E-state index in [9.17, 15) is 0 Å². The molecule has 1 aromatic carbocycles. The van der Waals surface area contributed by atoms with Gasteiger partial charge in [-0.05, 0) is 58.3 Å². The van der Waals surface area contributed by atoms with Crippen LogP contribution in [0.25, 0.3) is 17.0 Å². The molecule has 2 aromatic heterocycles. The van der Waals surface area contributed by atoms with Gasteiger partial charge in [0.05, 0.1) is 5.69 Å². The van der Waals surface area contributed by atoms with E-state index >= 15 is 0 Å². The Balaban J connectivity index is 1.70. The van der Waals surface area contributed by atoms with E-state index in [1.54, 1.807) is 0 Å². The minimum Gasteiger partial charge on any atom is -0.308 e. The summed E-state index contributed by atoms with van der Waals surface area (Å²) in [6, 6.07) is 12.4. The van der Waals surface area contributed by atoms with Gasteiger partial charge in [0.1, 0.15) is 0 Å². The zero-order chi connectivity index (χ0) is 19.7. The number of hydrogen-bond donors (Lipinski definition) is 1. The molecule has 0 aliphatic heterocycles. The van der Waals surface area contributed by atoms with E-state index in [1.807, 2.05) is 22.7 Å². The van der Waals surface area contributed by atoms with E-state index in [1.165, 1.54) is 24.8 Å². The van der Waals surface area contributed by atoms with Crippen molar-refractivity contribution in [3.63, 3.8) is 0 Å². The Morgan fingerprint density at radius 2 is 1.89 bits per heavy atom. The Hall–Kier alpha value is -2.31. The van der Waals surface area contributed by atoms with Crippen molar-refractivity contribution in [3.8, 4) is 11.4 Å². The van der Waals surface area contributed by atoms with Crippen LogP contribution in [0.2, 0.25) is 0 Å². The van der Waals surface area contributed by atoms with Crippen molar-refractivity contribution in [2.24, 2.45) is 0 Å².